The molecule has 0 aliphatic carbocycles. The minimum Gasteiger partial charge on any atom is -0.296 e. The highest BCUT2D eigenvalue weighted by atomic mass is 32.2. The van der Waals surface area contributed by atoms with Crippen LogP contribution in [0.25, 0.3) is 10.8 Å². The third-order valence-electron chi connectivity index (χ3n) is 3.15. The summed E-state index contributed by atoms with van der Waals surface area (Å²) < 4.78 is 0. The van der Waals surface area contributed by atoms with Crippen LogP contribution in [-0.4, -0.2) is 34.5 Å². The number of aromatic nitrogens is 1. The number of pyridine rings is 1. The van der Waals surface area contributed by atoms with Gasteiger partial charge in [-0.1, -0.05) is 18.2 Å². The van der Waals surface area contributed by atoms with Crippen molar-refractivity contribution >= 4 is 22.5 Å². The molecule has 0 saturated carbocycles. The lowest BCUT2D eigenvalue weighted by Crippen LogP contribution is -2.32. The molecular formula is C14H15N2S. The second kappa shape index (κ2) is 5.07. The van der Waals surface area contributed by atoms with Crippen molar-refractivity contribution in [3.05, 3.63) is 42.2 Å². The summed E-state index contributed by atoms with van der Waals surface area (Å²) in [5.74, 6) is 2.49. The third kappa shape index (κ3) is 2.45. The number of hydrogen-bond acceptors (Lipinski definition) is 3. The van der Waals surface area contributed by atoms with Crippen LogP contribution in [0.3, 0.4) is 0 Å². The van der Waals surface area contributed by atoms with Gasteiger partial charge in [0, 0.05) is 42.7 Å². The molecule has 2 heterocycles. The van der Waals surface area contributed by atoms with Gasteiger partial charge in [0.2, 0.25) is 0 Å². The van der Waals surface area contributed by atoms with Gasteiger partial charge in [-0.25, -0.2) is 0 Å². The molecule has 1 aliphatic heterocycles. The smallest absolute Gasteiger partial charge is 0.0622 e. The molecule has 0 amide bonds. The van der Waals surface area contributed by atoms with E-state index in [2.05, 4.69) is 22.0 Å². The SMILES string of the molecule is [c]1cccc2c(CN3CCSCC3)nccc12. The maximum absolute atomic E-state index is 4.53. The van der Waals surface area contributed by atoms with Crippen LogP contribution in [0.1, 0.15) is 5.69 Å². The van der Waals surface area contributed by atoms with Gasteiger partial charge in [-0.05, 0) is 17.5 Å². The summed E-state index contributed by atoms with van der Waals surface area (Å²) >= 11 is 2.04. The van der Waals surface area contributed by atoms with Crippen molar-refractivity contribution in [2.75, 3.05) is 24.6 Å². The first kappa shape index (κ1) is 11.1. The monoisotopic (exact) mass is 243 g/mol. The summed E-state index contributed by atoms with van der Waals surface area (Å²) in [5, 5.41) is 2.41. The molecule has 17 heavy (non-hydrogen) atoms. The summed E-state index contributed by atoms with van der Waals surface area (Å²) in [7, 11) is 0. The molecule has 3 rings (SSSR count). The molecule has 0 unspecified atom stereocenters. The fourth-order valence-corrected chi connectivity index (χ4v) is 3.19. The number of nitrogens with zero attached hydrogens (tertiary/aromatic N) is 2. The molecule has 1 aliphatic rings. The van der Waals surface area contributed by atoms with Crippen molar-refractivity contribution in [1.29, 1.82) is 0 Å². The standard InChI is InChI=1S/C14H15N2S/c1-2-4-13-12(3-1)5-6-15-14(13)11-16-7-9-17-10-8-16/h1-2,4-6H,7-11H2. The third-order valence-corrected chi connectivity index (χ3v) is 4.09. The van der Waals surface area contributed by atoms with E-state index >= 15 is 0 Å². The van der Waals surface area contributed by atoms with Crippen molar-refractivity contribution in [2.24, 2.45) is 0 Å². The Balaban J connectivity index is 1.89. The van der Waals surface area contributed by atoms with Gasteiger partial charge in [-0.2, -0.15) is 11.8 Å². The van der Waals surface area contributed by atoms with Gasteiger partial charge in [-0.15, -0.1) is 0 Å². The van der Waals surface area contributed by atoms with E-state index in [0.717, 1.165) is 6.54 Å². The number of rotatable bonds is 2. The molecule has 0 atom stereocenters. The molecule has 2 aromatic rings. The first-order valence-electron chi connectivity index (χ1n) is 5.98. The van der Waals surface area contributed by atoms with Crippen molar-refractivity contribution in [3.63, 3.8) is 0 Å². The van der Waals surface area contributed by atoms with Gasteiger partial charge < -0.3 is 0 Å². The average molecular weight is 243 g/mol. The Kier molecular flexibility index (Phi) is 3.29. The average Bonchev–Trinajstić information content (AvgIpc) is 2.40. The summed E-state index contributed by atoms with van der Waals surface area (Å²) in [5.41, 5.74) is 1.19. The first-order valence-corrected chi connectivity index (χ1v) is 7.13. The van der Waals surface area contributed by atoms with Crippen molar-refractivity contribution < 1.29 is 0 Å². The zero-order chi connectivity index (χ0) is 11.5. The van der Waals surface area contributed by atoms with Crippen LogP contribution in [0, 0.1) is 6.07 Å². The fourth-order valence-electron chi connectivity index (χ4n) is 2.21. The van der Waals surface area contributed by atoms with E-state index in [1.54, 1.807) is 0 Å². The number of benzene rings is 1. The number of fused-ring (bicyclic) bond motifs is 1. The fraction of sp³-hybridized carbons (Fsp3) is 0.357. The number of hydrogen-bond donors (Lipinski definition) is 0. The Labute approximate surface area is 106 Å². The van der Waals surface area contributed by atoms with Gasteiger partial charge in [0.15, 0.2) is 0 Å². The van der Waals surface area contributed by atoms with Gasteiger partial charge in [0.1, 0.15) is 0 Å². The van der Waals surface area contributed by atoms with Crippen LogP contribution in [0.2, 0.25) is 0 Å². The Morgan fingerprint density at radius 2 is 2.18 bits per heavy atom. The van der Waals surface area contributed by atoms with Crippen molar-refractivity contribution in [3.8, 4) is 0 Å². The lowest BCUT2D eigenvalue weighted by molar-refractivity contribution is 0.292. The van der Waals surface area contributed by atoms with E-state index in [0.29, 0.717) is 0 Å². The van der Waals surface area contributed by atoms with Crippen molar-refractivity contribution in [1.82, 2.24) is 9.88 Å². The topological polar surface area (TPSA) is 16.1 Å². The molecule has 0 N–H and O–H groups in total. The molecule has 0 spiro atoms. The van der Waals surface area contributed by atoms with Crippen LogP contribution < -0.4 is 0 Å². The summed E-state index contributed by atoms with van der Waals surface area (Å²) in [6, 6.07) is 11.4. The predicted molar refractivity (Wildman–Crippen MR) is 73.2 cm³/mol. The minimum absolute atomic E-state index is 0.968. The Morgan fingerprint density at radius 3 is 3.06 bits per heavy atom. The second-order valence-electron chi connectivity index (χ2n) is 4.28. The molecule has 2 nitrogen and oxygen atoms in total. The molecule has 1 aromatic carbocycles. The zero-order valence-electron chi connectivity index (χ0n) is 9.72. The van der Waals surface area contributed by atoms with Crippen LogP contribution >= 0.6 is 11.8 Å². The highest BCUT2D eigenvalue weighted by molar-refractivity contribution is 7.99. The van der Waals surface area contributed by atoms with E-state index in [4.69, 9.17) is 0 Å². The highest BCUT2D eigenvalue weighted by Crippen LogP contribution is 2.19. The normalized spacial score (nSPS) is 17.4. The van der Waals surface area contributed by atoms with E-state index in [1.165, 1.54) is 41.1 Å². The second-order valence-corrected chi connectivity index (χ2v) is 5.50. The predicted octanol–water partition coefficient (Wildman–Crippen LogP) is 2.58. The van der Waals surface area contributed by atoms with Gasteiger partial charge in [0.25, 0.3) is 0 Å². The Morgan fingerprint density at radius 1 is 1.29 bits per heavy atom. The van der Waals surface area contributed by atoms with E-state index in [-0.39, 0.29) is 0 Å². The van der Waals surface area contributed by atoms with Gasteiger partial charge in [-0.3, -0.25) is 9.88 Å². The molecule has 0 bridgehead atoms. The minimum atomic E-state index is 0.968. The van der Waals surface area contributed by atoms with E-state index < -0.39 is 0 Å². The zero-order valence-corrected chi connectivity index (χ0v) is 10.5. The lowest BCUT2D eigenvalue weighted by atomic mass is 10.1. The Bertz CT molecular complexity index is 501. The van der Waals surface area contributed by atoms with Crippen molar-refractivity contribution in [2.45, 2.75) is 6.54 Å². The molecule has 1 radical (unpaired) electrons. The lowest BCUT2D eigenvalue weighted by Gasteiger charge is -2.26. The van der Waals surface area contributed by atoms with Crippen LogP contribution in [0.5, 0.6) is 0 Å². The van der Waals surface area contributed by atoms with Crippen LogP contribution in [-0.2, 0) is 6.54 Å². The maximum Gasteiger partial charge on any atom is 0.0622 e. The molecule has 1 fully saturated rings. The summed E-state index contributed by atoms with van der Waals surface area (Å²) in [6.45, 7) is 3.33. The first-order chi connectivity index (χ1) is 8.43. The molecular weight excluding hydrogens is 228 g/mol. The summed E-state index contributed by atoms with van der Waals surface area (Å²) in [6.07, 6.45) is 1.90. The quantitative estimate of drug-likeness (QED) is 0.806. The maximum atomic E-state index is 4.53. The molecule has 1 saturated heterocycles. The largest absolute Gasteiger partial charge is 0.296 e. The van der Waals surface area contributed by atoms with Crippen LogP contribution in [0.15, 0.2) is 30.5 Å². The highest BCUT2D eigenvalue weighted by Gasteiger charge is 2.12. The molecule has 1 aromatic heterocycles. The number of thioether (sulfide) groups is 1. The van der Waals surface area contributed by atoms with Crippen LogP contribution in [0.4, 0.5) is 0 Å². The van der Waals surface area contributed by atoms with Gasteiger partial charge >= 0.3 is 0 Å². The van der Waals surface area contributed by atoms with Gasteiger partial charge in [0.05, 0.1) is 5.69 Å². The molecule has 87 valence electrons. The Hall–Kier alpha value is -1.06. The van der Waals surface area contributed by atoms with E-state index in [1.807, 2.05) is 36.2 Å². The molecule has 3 heteroatoms. The summed E-state index contributed by atoms with van der Waals surface area (Å²) in [4.78, 5) is 7.02. The van der Waals surface area contributed by atoms with E-state index in [9.17, 15) is 0 Å².